The first kappa shape index (κ1) is 12.1. The highest BCUT2D eigenvalue weighted by Crippen LogP contribution is 2.37. The summed E-state index contributed by atoms with van der Waals surface area (Å²) in [5, 5.41) is 0.569. The Morgan fingerprint density at radius 3 is 2.81 bits per heavy atom. The maximum absolute atomic E-state index is 12.2. The minimum Gasteiger partial charge on any atom is -0.315 e. The Hall–Kier alpha value is -0.380. The van der Waals surface area contributed by atoms with E-state index in [0.717, 1.165) is 18.4 Å². The molecule has 0 saturated heterocycles. The van der Waals surface area contributed by atoms with Gasteiger partial charge in [-0.2, -0.15) is 0 Å². The Morgan fingerprint density at radius 2 is 2.12 bits per heavy atom. The van der Waals surface area contributed by atoms with Gasteiger partial charge in [0.25, 0.3) is 0 Å². The highest BCUT2D eigenvalue weighted by molar-refractivity contribution is 9.10. The van der Waals surface area contributed by atoms with Gasteiger partial charge in [-0.25, -0.2) is 0 Å². The average molecular weight is 303 g/mol. The van der Waals surface area contributed by atoms with E-state index in [1.54, 1.807) is 6.07 Å². The molecule has 86 valence electrons. The summed E-state index contributed by atoms with van der Waals surface area (Å²) in [5.74, 6) is 0.0341. The number of nitrogens with two attached hydrogens (primary N) is 1. The lowest BCUT2D eigenvalue weighted by atomic mass is 9.76. The minimum absolute atomic E-state index is 0.0341. The molecule has 1 aromatic carbocycles. The Morgan fingerprint density at radius 1 is 1.44 bits per heavy atom. The van der Waals surface area contributed by atoms with Crippen LogP contribution in [0.1, 0.15) is 24.8 Å². The summed E-state index contributed by atoms with van der Waals surface area (Å²) in [7, 11) is 0. The van der Waals surface area contributed by atoms with Crippen molar-refractivity contribution >= 4 is 33.3 Å². The van der Waals surface area contributed by atoms with Gasteiger partial charge in [-0.3, -0.25) is 4.79 Å². The Labute approximate surface area is 108 Å². The molecular weight excluding hydrogens is 289 g/mol. The van der Waals surface area contributed by atoms with Crippen molar-refractivity contribution in [3.63, 3.8) is 0 Å². The van der Waals surface area contributed by atoms with Crippen molar-refractivity contribution in [2.45, 2.75) is 29.6 Å². The zero-order valence-corrected chi connectivity index (χ0v) is 11.1. The fourth-order valence-corrected chi connectivity index (χ4v) is 3.22. The fourth-order valence-electron chi connectivity index (χ4n) is 2.18. The second kappa shape index (κ2) is 4.47. The van der Waals surface area contributed by atoms with E-state index in [-0.39, 0.29) is 10.6 Å². The van der Waals surface area contributed by atoms with E-state index >= 15 is 0 Å². The predicted octanol–water partition coefficient (Wildman–Crippen LogP) is 3.01. The van der Waals surface area contributed by atoms with Gasteiger partial charge in [0.15, 0.2) is 5.78 Å². The number of hydrogen-bond acceptors (Lipinski definition) is 2. The lowest BCUT2D eigenvalue weighted by Gasteiger charge is -2.35. The van der Waals surface area contributed by atoms with E-state index in [9.17, 15) is 4.79 Å². The molecule has 16 heavy (non-hydrogen) atoms. The molecule has 2 nitrogen and oxygen atoms in total. The van der Waals surface area contributed by atoms with Gasteiger partial charge < -0.3 is 5.73 Å². The molecule has 2 N–H and O–H groups in total. The summed E-state index contributed by atoms with van der Waals surface area (Å²) in [6.45, 7) is 0. The summed E-state index contributed by atoms with van der Waals surface area (Å²) < 4.78 is 0. The van der Waals surface area contributed by atoms with Gasteiger partial charge in [0.05, 0.1) is 4.83 Å². The summed E-state index contributed by atoms with van der Waals surface area (Å²) >= 11 is 9.49. The van der Waals surface area contributed by atoms with E-state index in [1.165, 1.54) is 0 Å². The molecule has 1 aliphatic rings. The molecule has 0 aliphatic heterocycles. The van der Waals surface area contributed by atoms with Crippen LogP contribution < -0.4 is 5.73 Å². The summed E-state index contributed by atoms with van der Waals surface area (Å²) in [5.41, 5.74) is 6.07. The van der Waals surface area contributed by atoms with Crippen molar-refractivity contribution in [2.75, 3.05) is 0 Å². The molecule has 0 aromatic heterocycles. The van der Waals surface area contributed by atoms with Crippen molar-refractivity contribution < 1.29 is 4.79 Å². The lowest BCUT2D eigenvalue weighted by Crippen LogP contribution is -2.51. The van der Waals surface area contributed by atoms with Crippen LogP contribution >= 0.6 is 27.5 Å². The zero-order valence-electron chi connectivity index (χ0n) is 8.75. The quantitative estimate of drug-likeness (QED) is 0.810. The van der Waals surface area contributed by atoms with Gasteiger partial charge in [-0.15, -0.1) is 0 Å². The van der Waals surface area contributed by atoms with Crippen LogP contribution in [0.15, 0.2) is 24.3 Å². The standard InChI is InChI=1S/C12H13BrClNO/c13-9-5-3-7-12(15,11(9)16)8-4-1-2-6-10(8)14/h1-2,4,6,9H,3,5,7,15H2. The molecular formula is C12H13BrClNO. The van der Waals surface area contributed by atoms with Gasteiger partial charge in [-0.05, 0) is 30.9 Å². The molecule has 1 aromatic rings. The topological polar surface area (TPSA) is 43.1 Å². The molecule has 0 heterocycles. The molecule has 0 spiro atoms. The number of carbonyl (C=O) groups is 1. The minimum atomic E-state index is -0.926. The lowest BCUT2D eigenvalue weighted by molar-refractivity contribution is -0.125. The van der Waals surface area contributed by atoms with Gasteiger partial charge >= 0.3 is 0 Å². The molecule has 2 unspecified atom stereocenters. The number of hydrogen-bond donors (Lipinski definition) is 1. The SMILES string of the molecule is NC1(c2ccccc2Cl)CCCC(Br)C1=O. The first-order chi connectivity index (χ1) is 7.55. The molecule has 2 atom stereocenters. The maximum atomic E-state index is 12.2. The average Bonchev–Trinajstić information content (AvgIpc) is 2.26. The monoisotopic (exact) mass is 301 g/mol. The van der Waals surface area contributed by atoms with Crippen LogP contribution in [0.3, 0.4) is 0 Å². The highest BCUT2D eigenvalue weighted by Gasteiger charge is 2.42. The van der Waals surface area contributed by atoms with Crippen LogP contribution in [0, 0.1) is 0 Å². The van der Waals surface area contributed by atoms with E-state index in [1.807, 2.05) is 18.2 Å². The second-order valence-corrected chi connectivity index (χ2v) is 5.69. The number of Topliss-reactive ketones (excluding diaryl/α,β-unsaturated/α-hetero) is 1. The van der Waals surface area contributed by atoms with Gasteiger partial charge in [0, 0.05) is 5.02 Å². The first-order valence-corrected chi connectivity index (χ1v) is 6.57. The molecule has 0 radical (unpaired) electrons. The van der Waals surface area contributed by atoms with Crippen LogP contribution in [-0.2, 0) is 10.3 Å². The Bertz CT molecular complexity index is 423. The van der Waals surface area contributed by atoms with E-state index in [0.29, 0.717) is 11.4 Å². The third kappa shape index (κ3) is 1.92. The molecule has 2 rings (SSSR count). The number of benzene rings is 1. The number of rotatable bonds is 1. The second-order valence-electron chi connectivity index (χ2n) is 4.18. The summed E-state index contributed by atoms with van der Waals surface area (Å²) in [6, 6.07) is 7.32. The maximum Gasteiger partial charge on any atom is 0.170 e. The van der Waals surface area contributed by atoms with Gasteiger partial charge in [0.2, 0.25) is 0 Å². The number of alkyl halides is 1. The van der Waals surface area contributed by atoms with E-state index in [4.69, 9.17) is 17.3 Å². The van der Waals surface area contributed by atoms with Crippen molar-refractivity contribution in [1.29, 1.82) is 0 Å². The molecule has 4 heteroatoms. The third-order valence-electron chi connectivity index (χ3n) is 3.11. The van der Waals surface area contributed by atoms with Gasteiger partial charge in [0.1, 0.15) is 5.54 Å². The van der Waals surface area contributed by atoms with Crippen LogP contribution in [-0.4, -0.2) is 10.6 Å². The normalized spacial score (nSPS) is 30.4. The zero-order chi connectivity index (χ0) is 11.8. The highest BCUT2D eigenvalue weighted by atomic mass is 79.9. The van der Waals surface area contributed by atoms with Crippen LogP contribution in [0.4, 0.5) is 0 Å². The van der Waals surface area contributed by atoms with Crippen molar-refractivity contribution in [3.8, 4) is 0 Å². The predicted molar refractivity (Wildman–Crippen MR) is 68.9 cm³/mol. The molecule has 0 amide bonds. The molecule has 0 bridgehead atoms. The first-order valence-electron chi connectivity index (χ1n) is 5.28. The Kier molecular flexibility index (Phi) is 3.38. The van der Waals surface area contributed by atoms with E-state index < -0.39 is 5.54 Å². The Balaban J connectivity index is 2.45. The molecule has 1 saturated carbocycles. The van der Waals surface area contributed by atoms with Crippen molar-refractivity contribution in [1.82, 2.24) is 0 Å². The molecule has 1 aliphatic carbocycles. The summed E-state index contributed by atoms with van der Waals surface area (Å²) in [6.07, 6.45) is 2.45. The third-order valence-corrected chi connectivity index (χ3v) is 4.31. The van der Waals surface area contributed by atoms with Crippen LogP contribution in [0.25, 0.3) is 0 Å². The summed E-state index contributed by atoms with van der Waals surface area (Å²) in [4.78, 5) is 12.0. The van der Waals surface area contributed by atoms with Crippen LogP contribution in [0.5, 0.6) is 0 Å². The van der Waals surface area contributed by atoms with Crippen LogP contribution in [0.2, 0.25) is 5.02 Å². The van der Waals surface area contributed by atoms with E-state index in [2.05, 4.69) is 15.9 Å². The van der Waals surface area contributed by atoms with Crippen molar-refractivity contribution in [2.24, 2.45) is 5.73 Å². The number of ketones is 1. The van der Waals surface area contributed by atoms with Gasteiger partial charge in [-0.1, -0.05) is 45.7 Å². The van der Waals surface area contributed by atoms with Crippen molar-refractivity contribution in [3.05, 3.63) is 34.9 Å². The smallest absolute Gasteiger partial charge is 0.170 e. The fraction of sp³-hybridized carbons (Fsp3) is 0.417. The number of halogens is 2. The number of carbonyl (C=O) groups excluding carboxylic acids is 1. The molecule has 1 fully saturated rings. The largest absolute Gasteiger partial charge is 0.315 e.